The fourth-order valence-electron chi connectivity index (χ4n) is 3.08. The van der Waals surface area contributed by atoms with Crippen LogP contribution in [0.4, 0.5) is 0 Å². The molecule has 110 valence electrons. The second-order valence-corrected chi connectivity index (χ2v) is 7.22. The van der Waals surface area contributed by atoms with Crippen molar-refractivity contribution >= 4 is 29.0 Å². The molecule has 21 heavy (non-hydrogen) atoms. The summed E-state index contributed by atoms with van der Waals surface area (Å²) < 4.78 is 0. The summed E-state index contributed by atoms with van der Waals surface area (Å²) in [5.74, 6) is 0.0512. The van der Waals surface area contributed by atoms with Gasteiger partial charge in [-0.1, -0.05) is 31.0 Å². The van der Waals surface area contributed by atoms with Gasteiger partial charge in [0.2, 0.25) is 0 Å². The number of nitrogens with one attached hydrogen (secondary N) is 1. The van der Waals surface area contributed by atoms with Crippen molar-refractivity contribution < 1.29 is 4.79 Å². The summed E-state index contributed by atoms with van der Waals surface area (Å²) in [6.07, 6.45) is 6.46. The topological polar surface area (TPSA) is 29.1 Å². The Morgan fingerprint density at radius 2 is 1.95 bits per heavy atom. The van der Waals surface area contributed by atoms with Crippen molar-refractivity contribution in [2.45, 2.75) is 36.1 Å². The maximum Gasteiger partial charge on any atom is 0.253 e. The fraction of sp³-hybridized carbons (Fsp3) is 0.353. The van der Waals surface area contributed by atoms with E-state index < -0.39 is 0 Å². The first-order chi connectivity index (χ1) is 10.2. The van der Waals surface area contributed by atoms with Gasteiger partial charge in [-0.2, -0.15) is 0 Å². The lowest BCUT2D eigenvalue weighted by Gasteiger charge is -2.29. The zero-order chi connectivity index (χ0) is 14.7. The van der Waals surface area contributed by atoms with Crippen molar-refractivity contribution in [1.29, 1.82) is 0 Å². The number of thiophene rings is 1. The fourth-order valence-corrected chi connectivity index (χ4v) is 4.62. The monoisotopic (exact) mass is 317 g/mol. The summed E-state index contributed by atoms with van der Waals surface area (Å²) in [4.78, 5) is 15.1. The normalized spacial score (nSPS) is 16.8. The average molecular weight is 317 g/mol. The van der Waals surface area contributed by atoms with E-state index in [0.29, 0.717) is 0 Å². The summed E-state index contributed by atoms with van der Waals surface area (Å²) in [6.45, 7) is 0. The molecule has 1 aliphatic carbocycles. The van der Waals surface area contributed by atoms with Gasteiger partial charge in [-0.15, -0.1) is 23.1 Å². The number of benzene rings is 1. The van der Waals surface area contributed by atoms with Gasteiger partial charge in [-0.05, 0) is 42.7 Å². The highest BCUT2D eigenvalue weighted by Gasteiger charge is 2.38. The standard InChI is InChI=1S/C17H19NOS2/c1-20-14-8-3-2-7-13(14)16(19)18-17(10-4-5-11-17)15-9-6-12-21-15/h2-3,6-9,12H,4-5,10-11H2,1H3,(H,18,19). The molecule has 3 rings (SSSR count). The molecule has 0 aliphatic heterocycles. The van der Waals surface area contributed by atoms with Crippen LogP contribution in [-0.2, 0) is 5.54 Å². The Bertz CT molecular complexity index is 615. The van der Waals surface area contributed by atoms with E-state index in [1.165, 1.54) is 17.7 Å². The molecule has 1 amide bonds. The molecule has 0 atom stereocenters. The van der Waals surface area contributed by atoms with Crippen LogP contribution in [0.2, 0.25) is 0 Å². The van der Waals surface area contributed by atoms with Gasteiger partial charge in [0.1, 0.15) is 0 Å². The van der Waals surface area contributed by atoms with E-state index in [0.717, 1.165) is 23.3 Å². The molecule has 0 saturated heterocycles. The third-order valence-corrected chi connectivity index (χ3v) is 6.02. The van der Waals surface area contributed by atoms with Gasteiger partial charge in [-0.3, -0.25) is 4.79 Å². The molecule has 2 aromatic rings. The summed E-state index contributed by atoms with van der Waals surface area (Å²) >= 11 is 3.37. The van der Waals surface area contributed by atoms with Crippen molar-refractivity contribution in [3.05, 3.63) is 52.2 Å². The van der Waals surface area contributed by atoms with Gasteiger partial charge in [0.05, 0.1) is 11.1 Å². The third kappa shape index (κ3) is 2.87. The molecule has 2 nitrogen and oxygen atoms in total. The predicted molar refractivity (Wildman–Crippen MR) is 90.2 cm³/mol. The van der Waals surface area contributed by atoms with Gasteiger partial charge in [0.15, 0.2) is 0 Å². The summed E-state index contributed by atoms with van der Waals surface area (Å²) in [7, 11) is 0. The molecule has 0 spiro atoms. The number of carbonyl (C=O) groups is 1. The van der Waals surface area contributed by atoms with Crippen molar-refractivity contribution in [2.24, 2.45) is 0 Å². The molecule has 0 radical (unpaired) electrons. The molecule has 1 N–H and O–H groups in total. The Hall–Kier alpha value is -1.26. The molecule has 1 heterocycles. The van der Waals surface area contributed by atoms with Crippen LogP contribution in [0.1, 0.15) is 40.9 Å². The first-order valence-electron chi connectivity index (χ1n) is 7.25. The van der Waals surface area contributed by atoms with Crippen LogP contribution in [0, 0.1) is 0 Å². The lowest BCUT2D eigenvalue weighted by atomic mass is 9.94. The van der Waals surface area contributed by atoms with Gasteiger partial charge >= 0.3 is 0 Å². The van der Waals surface area contributed by atoms with Gasteiger partial charge in [-0.25, -0.2) is 0 Å². The van der Waals surface area contributed by atoms with Crippen LogP contribution < -0.4 is 5.32 Å². The predicted octanol–water partition coefficient (Wildman–Crippen LogP) is 4.67. The average Bonchev–Trinajstić information content (AvgIpc) is 3.19. The maximum atomic E-state index is 12.8. The highest BCUT2D eigenvalue weighted by molar-refractivity contribution is 7.98. The second kappa shape index (κ2) is 6.24. The van der Waals surface area contributed by atoms with E-state index in [2.05, 4.69) is 22.8 Å². The van der Waals surface area contributed by atoms with Crippen LogP contribution >= 0.6 is 23.1 Å². The SMILES string of the molecule is CSc1ccccc1C(=O)NC1(c2cccs2)CCCC1. The number of rotatable bonds is 4. The first-order valence-corrected chi connectivity index (χ1v) is 9.35. The molecule has 1 saturated carbocycles. The van der Waals surface area contributed by atoms with Crippen molar-refractivity contribution in [3.8, 4) is 0 Å². The smallest absolute Gasteiger partial charge is 0.253 e. The van der Waals surface area contributed by atoms with Crippen LogP contribution in [0.5, 0.6) is 0 Å². The molecule has 1 aliphatic rings. The Kier molecular flexibility index (Phi) is 4.36. The first kappa shape index (κ1) is 14.7. The van der Waals surface area contributed by atoms with E-state index in [4.69, 9.17) is 0 Å². The van der Waals surface area contributed by atoms with E-state index in [9.17, 15) is 4.79 Å². The summed E-state index contributed by atoms with van der Waals surface area (Å²) in [5, 5.41) is 5.44. The van der Waals surface area contributed by atoms with Crippen LogP contribution in [0.15, 0.2) is 46.7 Å². The second-order valence-electron chi connectivity index (χ2n) is 5.42. The van der Waals surface area contributed by atoms with Crippen molar-refractivity contribution in [1.82, 2.24) is 5.32 Å². The Morgan fingerprint density at radius 1 is 1.19 bits per heavy atom. The molecule has 1 aromatic carbocycles. The quantitative estimate of drug-likeness (QED) is 0.830. The number of amides is 1. The number of hydrogen-bond donors (Lipinski definition) is 1. The zero-order valence-corrected chi connectivity index (χ0v) is 13.7. The third-order valence-electron chi connectivity index (χ3n) is 4.15. The Morgan fingerprint density at radius 3 is 2.62 bits per heavy atom. The largest absolute Gasteiger partial charge is 0.342 e. The summed E-state index contributed by atoms with van der Waals surface area (Å²) in [6, 6.07) is 12.1. The van der Waals surface area contributed by atoms with Crippen molar-refractivity contribution in [2.75, 3.05) is 6.26 Å². The minimum absolute atomic E-state index is 0.0512. The number of hydrogen-bond acceptors (Lipinski definition) is 3. The van der Waals surface area contributed by atoms with Gasteiger partial charge in [0.25, 0.3) is 5.91 Å². The molecular weight excluding hydrogens is 298 g/mol. The van der Waals surface area contributed by atoms with Gasteiger partial charge < -0.3 is 5.32 Å². The number of carbonyl (C=O) groups excluding carboxylic acids is 1. The minimum Gasteiger partial charge on any atom is -0.342 e. The molecule has 0 unspecified atom stereocenters. The Labute approximate surface area is 134 Å². The molecule has 4 heteroatoms. The summed E-state index contributed by atoms with van der Waals surface area (Å²) in [5.41, 5.74) is 0.629. The van der Waals surface area contributed by atoms with E-state index in [-0.39, 0.29) is 11.4 Å². The lowest BCUT2D eigenvalue weighted by molar-refractivity contribution is 0.0897. The zero-order valence-electron chi connectivity index (χ0n) is 12.1. The highest BCUT2D eigenvalue weighted by atomic mass is 32.2. The lowest BCUT2D eigenvalue weighted by Crippen LogP contribution is -2.43. The number of thioether (sulfide) groups is 1. The van der Waals surface area contributed by atoms with E-state index >= 15 is 0 Å². The van der Waals surface area contributed by atoms with Crippen LogP contribution in [0.3, 0.4) is 0 Å². The Balaban J connectivity index is 1.88. The minimum atomic E-state index is -0.156. The van der Waals surface area contributed by atoms with Crippen LogP contribution in [-0.4, -0.2) is 12.2 Å². The molecule has 1 aromatic heterocycles. The molecular formula is C17H19NOS2. The maximum absolute atomic E-state index is 12.8. The van der Waals surface area contributed by atoms with Crippen LogP contribution in [0.25, 0.3) is 0 Å². The van der Waals surface area contributed by atoms with Crippen molar-refractivity contribution in [3.63, 3.8) is 0 Å². The molecule has 0 bridgehead atoms. The van der Waals surface area contributed by atoms with E-state index in [1.807, 2.05) is 30.5 Å². The van der Waals surface area contributed by atoms with Gasteiger partial charge in [0, 0.05) is 9.77 Å². The highest BCUT2D eigenvalue weighted by Crippen LogP contribution is 2.41. The van der Waals surface area contributed by atoms with E-state index in [1.54, 1.807) is 23.1 Å². The molecule has 1 fully saturated rings.